The molecule has 1 aliphatic heterocycles. The van der Waals surface area contributed by atoms with Crippen LogP contribution in [-0.4, -0.2) is 22.0 Å². The first kappa shape index (κ1) is 14.5. The zero-order valence-electron chi connectivity index (χ0n) is 11.9. The Kier molecular flexibility index (Phi) is 4.94. The Balaban J connectivity index is 2.15. The first-order valence-corrected chi connectivity index (χ1v) is 7.59. The number of hydrogen-bond acceptors (Lipinski definition) is 2. The van der Waals surface area contributed by atoms with Crippen molar-refractivity contribution in [2.24, 2.45) is 5.73 Å². The zero-order valence-corrected chi connectivity index (χ0v) is 12.7. The number of nitrogens with two attached hydrogens (primary N) is 1. The first-order chi connectivity index (χ1) is 9.08. The van der Waals surface area contributed by atoms with E-state index in [-0.39, 0.29) is 0 Å². The summed E-state index contributed by atoms with van der Waals surface area (Å²) in [5.74, 6) is 0. The van der Waals surface area contributed by atoms with Gasteiger partial charge in [-0.05, 0) is 37.8 Å². The second-order valence-electron chi connectivity index (χ2n) is 5.71. The largest absolute Gasteiger partial charge is 0.393 e. The number of rotatable bonds is 4. The van der Waals surface area contributed by atoms with Crippen LogP contribution >= 0.6 is 12.2 Å². The number of nitrogens with zero attached hydrogens (tertiary/aromatic N) is 1. The maximum atomic E-state index is 5.70. The van der Waals surface area contributed by atoms with Gasteiger partial charge in [0, 0.05) is 25.0 Å². The monoisotopic (exact) mass is 276 g/mol. The Morgan fingerprint density at radius 3 is 2.37 bits per heavy atom. The van der Waals surface area contributed by atoms with Crippen LogP contribution in [0.1, 0.15) is 44.2 Å². The average molecular weight is 276 g/mol. The fourth-order valence-corrected chi connectivity index (χ4v) is 3.21. The van der Waals surface area contributed by atoms with Gasteiger partial charge in [-0.15, -0.1) is 0 Å². The van der Waals surface area contributed by atoms with Gasteiger partial charge in [0.25, 0.3) is 0 Å². The molecule has 0 radical (unpaired) electrons. The van der Waals surface area contributed by atoms with E-state index in [0.29, 0.717) is 23.5 Å². The van der Waals surface area contributed by atoms with E-state index in [4.69, 9.17) is 18.0 Å². The molecule has 19 heavy (non-hydrogen) atoms. The summed E-state index contributed by atoms with van der Waals surface area (Å²) in [4.78, 5) is 3.19. The number of likely N-dealkylation sites (tertiary alicyclic amines) is 1. The molecule has 1 aromatic carbocycles. The molecule has 0 bridgehead atoms. The topological polar surface area (TPSA) is 29.3 Å². The second-order valence-corrected chi connectivity index (χ2v) is 6.24. The van der Waals surface area contributed by atoms with Gasteiger partial charge in [-0.3, -0.25) is 4.90 Å². The molecule has 0 aromatic heterocycles. The average Bonchev–Trinajstić information content (AvgIpc) is 2.35. The number of benzene rings is 1. The highest BCUT2D eigenvalue weighted by molar-refractivity contribution is 7.80. The maximum Gasteiger partial charge on any atom is 0.0771 e. The van der Waals surface area contributed by atoms with Crippen molar-refractivity contribution in [3.8, 4) is 0 Å². The lowest BCUT2D eigenvalue weighted by atomic mass is 9.95. The smallest absolute Gasteiger partial charge is 0.0771 e. The van der Waals surface area contributed by atoms with E-state index in [1.807, 2.05) is 0 Å². The van der Waals surface area contributed by atoms with Crippen molar-refractivity contribution in [2.75, 3.05) is 0 Å². The lowest BCUT2D eigenvalue weighted by Crippen LogP contribution is -2.43. The van der Waals surface area contributed by atoms with Crippen LogP contribution in [0.3, 0.4) is 0 Å². The summed E-state index contributed by atoms with van der Waals surface area (Å²) in [6.45, 7) is 5.69. The number of hydrogen-bond donors (Lipinski definition) is 1. The third-order valence-corrected chi connectivity index (χ3v) is 4.36. The fourth-order valence-electron chi connectivity index (χ4n) is 3.06. The van der Waals surface area contributed by atoms with E-state index in [9.17, 15) is 0 Å². The van der Waals surface area contributed by atoms with Crippen LogP contribution in [0, 0.1) is 0 Å². The van der Waals surface area contributed by atoms with E-state index in [0.717, 1.165) is 6.54 Å². The Labute approximate surface area is 122 Å². The van der Waals surface area contributed by atoms with Crippen molar-refractivity contribution in [1.29, 1.82) is 0 Å². The molecule has 0 aliphatic carbocycles. The number of thiocarbonyl (C=S) groups is 1. The van der Waals surface area contributed by atoms with Gasteiger partial charge < -0.3 is 5.73 Å². The minimum atomic E-state index is 0.576. The summed E-state index contributed by atoms with van der Waals surface area (Å²) >= 11 is 5.05. The van der Waals surface area contributed by atoms with Crippen molar-refractivity contribution in [3.63, 3.8) is 0 Å². The molecule has 1 saturated heterocycles. The van der Waals surface area contributed by atoms with Crippen molar-refractivity contribution >= 4 is 17.2 Å². The van der Waals surface area contributed by atoms with Gasteiger partial charge in [-0.1, -0.05) is 42.9 Å². The molecular weight excluding hydrogens is 252 g/mol. The minimum absolute atomic E-state index is 0.576. The molecule has 1 fully saturated rings. The Morgan fingerprint density at radius 2 is 1.79 bits per heavy atom. The first-order valence-electron chi connectivity index (χ1n) is 7.18. The van der Waals surface area contributed by atoms with Gasteiger partial charge >= 0.3 is 0 Å². The van der Waals surface area contributed by atoms with Crippen molar-refractivity contribution in [2.45, 2.75) is 58.2 Å². The molecule has 2 atom stereocenters. The molecule has 3 heteroatoms. The SMILES string of the molecule is CC1CCCC(C)N1Cc1ccccc1CC(N)=S. The summed E-state index contributed by atoms with van der Waals surface area (Å²) in [6.07, 6.45) is 4.68. The summed E-state index contributed by atoms with van der Waals surface area (Å²) < 4.78 is 0. The molecule has 2 N–H and O–H groups in total. The lowest BCUT2D eigenvalue weighted by Gasteiger charge is -2.39. The predicted octanol–water partition coefficient (Wildman–Crippen LogP) is 3.28. The van der Waals surface area contributed by atoms with Crippen LogP contribution in [0.5, 0.6) is 0 Å². The summed E-state index contributed by atoms with van der Waals surface area (Å²) in [5.41, 5.74) is 8.35. The van der Waals surface area contributed by atoms with E-state index < -0.39 is 0 Å². The van der Waals surface area contributed by atoms with E-state index in [2.05, 4.69) is 43.0 Å². The highest BCUT2D eigenvalue weighted by Gasteiger charge is 2.25. The standard InChI is InChI=1S/C16H24N2S/c1-12-6-5-7-13(2)18(12)11-15-9-4-3-8-14(15)10-16(17)19/h3-4,8-9,12-13H,5-7,10-11H2,1-2H3,(H2,17,19). The van der Waals surface area contributed by atoms with Crippen molar-refractivity contribution < 1.29 is 0 Å². The Bertz CT molecular complexity index is 434. The van der Waals surface area contributed by atoms with Crippen molar-refractivity contribution in [3.05, 3.63) is 35.4 Å². The molecule has 2 unspecified atom stereocenters. The highest BCUT2D eigenvalue weighted by Crippen LogP contribution is 2.25. The van der Waals surface area contributed by atoms with Gasteiger partial charge in [0.1, 0.15) is 0 Å². The van der Waals surface area contributed by atoms with Crippen molar-refractivity contribution in [1.82, 2.24) is 4.90 Å². The molecule has 1 heterocycles. The van der Waals surface area contributed by atoms with Crippen LogP contribution in [0.25, 0.3) is 0 Å². The molecule has 0 amide bonds. The van der Waals surface area contributed by atoms with E-state index in [1.54, 1.807) is 0 Å². The summed E-state index contributed by atoms with van der Waals surface area (Å²) in [5, 5.41) is 0. The molecule has 1 aromatic rings. The summed E-state index contributed by atoms with van der Waals surface area (Å²) in [6, 6.07) is 9.87. The Morgan fingerprint density at radius 1 is 1.21 bits per heavy atom. The van der Waals surface area contributed by atoms with Gasteiger partial charge in [0.2, 0.25) is 0 Å². The van der Waals surface area contributed by atoms with Crippen LogP contribution in [0.4, 0.5) is 0 Å². The fraction of sp³-hybridized carbons (Fsp3) is 0.562. The third kappa shape index (κ3) is 3.77. The van der Waals surface area contributed by atoms with Gasteiger partial charge in [-0.25, -0.2) is 0 Å². The highest BCUT2D eigenvalue weighted by atomic mass is 32.1. The van der Waals surface area contributed by atoms with Gasteiger partial charge in [0.05, 0.1) is 4.99 Å². The predicted molar refractivity (Wildman–Crippen MR) is 85.2 cm³/mol. The molecular formula is C16H24N2S. The summed E-state index contributed by atoms with van der Waals surface area (Å²) in [7, 11) is 0. The lowest BCUT2D eigenvalue weighted by molar-refractivity contribution is 0.0950. The Hall–Kier alpha value is -0.930. The minimum Gasteiger partial charge on any atom is -0.393 e. The van der Waals surface area contributed by atoms with E-state index in [1.165, 1.54) is 30.4 Å². The molecule has 2 rings (SSSR count). The zero-order chi connectivity index (χ0) is 13.8. The van der Waals surface area contributed by atoms with Crippen LogP contribution in [0.2, 0.25) is 0 Å². The maximum absolute atomic E-state index is 5.70. The molecule has 1 aliphatic rings. The van der Waals surface area contributed by atoms with Gasteiger partial charge in [-0.2, -0.15) is 0 Å². The second kappa shape index (κ2) is 6.49. The molecule has 0 spiro atoms. The quantitative estimate of drug-likeness (QED) is 0.856. The van der Waals surface area contributed by atoms with E-state index >= 15 is 0 Å². The molecule has 0 saturated carbocycles. The van der Waals surface area contributed by atoms with Crippen LogP contribution < -0.4 is 5.73 Å². The van der Waals surface area contributed by atoms with Crippen LogP contribution in [-0.2, 0) is 13.0 Å². The normalized spacial score (nSPS) is 24.3. The third-order valence-electron chi connectivity index (χ3n) is 4.21. The van der Waals surface area contributed by atoms with Gasteiger partial charge in [0.15, 0.2) is 0 Å². The molecule has 104 valence electrons. The molecule has 2 nitrogen and oxygen atoms in total. The van der Waals surface area contributed by atoms with Crippen LogP contribution in [0.15, 0.2) is 24.3 Å². The number of piperidine rings is 1.